The smallest absolute Gasteiger partial charge is 0.378 e. The van der Waals surface area contributed by atoms with E-state index >= 15 is 0 Å². The Hall–Kier alpha value is -2.31. The minimum absolute atomic E-state index is 0.0983. The number of hydrogen-bond acceptors (Lipinski definition) is 7. The first kappa shape index (κ1) is 24.8. The van der Waals surface area contributed by atoms with Gasteiger partial charge >= 0.3 is 6.18 Å². The molecule has 1 aromatic carbocycles. The zero-order valence-electron chi connectivity index (χ0n) is 19.1. The van der Waals surface area contributed by atoms with Gasteiger partial charge in [0.15, 0.2) is 5.16 Å². The van der Waals surface area contributed by atoms with Gasteiger partial charge in [0.25, 0.3) is 0 Å². The van der Waals surface area contributed by atoms with Gasteiger partial charge in [-0.2, -0.15) is 13.2 Å². The van der Waals surface area contributed by atoms with Gasteiger partial charge in [0.2, 0.25) is 11.9 Å². The minimum atomic E-state index is -4.43. The molecule has 2 aliphatic heterocycles. The third-order valence-electron chi connectivity index (χ3n) is 5.89. The van der Waals surface area contributed by atoms with Crippen LogP contribution in [0.25, 0.3) is 0 Å². The lowest BCUT2D eigenvalue weighted by Gasteiger charge is -2.35. The number of piperazine rings is 1. The van der Waals surface area contributed by atoms with E-state index in [-0.39, 0.29) is 17.0 Å². The number of rotatable bonds is 7. The SMILES string of the molecule is CC(Sc1nnc(N2CCOCC2)n1CC(F)(F)F)C(=O)N1CCN(Cc2ccccc2)CC1. The first-order valence-electron chi connectivity index (χ1n) is 11.3. The van der Waals surface area contributed by atoms with Crippen molar-refractivity contribution in [2.75, 3.05) is 57.4 Å². The Labute approximate surface area is 201 Å². The Morgan fingerprint density at radius 1 is 1.06 bits per heavy atom. The van der Waals surface area contributed by atoms with Crippen molar-refractivity contribution in [3.63, 3.8) is 0 Å². The summed E-state index contributed by atoms with van der Waals surface area (Å²) in [6.45, 7) is 5.77. The molecule has 0 N–H and O–H groups in total. The predicted molar refractivity (Wildman–Crippen MR) is 123 cm³/mol. The fourth-order valence-corrected chi connectivity index (χ4v) is 5.04. The molecule has 12 heteroatoms. The Balaban J connectivity index is 1.37. The molecule has 2 saturated heterocycles. The van der Waals surface area contributed by atoms with Gasteiger partial charge in [0.1, 0.15) is 6.54 Å². The largest absolute Gasteiger partial charge is 0.406 e. The number of halogens is 3. The van der Waals surface area contributed by atoms with Crippen LogP contribution < -0.4 is 4.90 Å². The van der Waals surface area contributed by atoms with Gasteiger partial charge in [-0.3, -0.25) is 14.3 Å². The topological polar surface area (TPSA) is 66.7 Å². The number of amides is 1. The molecule has 3 heterocycles. The lowest BCUT2D eigenvalue weighted by Crippen LogP contribution is -2.50. The number of benzene rings is 1. The zero-order valence-corrected chi connectivity index (χ0v) is 19.9. The lowest BCUT2D eigenvalue weighted by molar-refractivity contribution is -0.141. The molecular weight excluding hydrogens is 469 g/mol. The second-order valence-corrected chi connectivity index (χ2v) is 9.74. The number of hydrogen-bond donors (Lipinski definition) is 0. The van der Waals surface area contributed by atoms with Crippen LogP contribution in [0.2, 0.25) is 0 Å². The number of aromatic nitrogens is 3. The maximum Gasteiger partial charge on any atom is 0.406 e. The monoisotopic (exact) mass is 498 g/mol. The van der Waals surface area contributed by atoms with Crippen molar-refractivity contribution in [2.45, 2.75) is 36.6 Å². The highest BCUT2D eigenvalue weighted by molar-refractivity contribution is 8.00. The number of nitrogens with zero attached hydrogens (tertiary/aromatic N) is 6. The highest BCUT2D eigenvalue weighted by Crippen LogP contribution is 2.30. The van der Waals surface area contributed by atoms with Gasteiger partial charge < -0.3 is 14.5 Å². The molecule has 34 heavy (non-hydrogen) atoms. The number of ether oxygens (including phenoxy) is 1. The van der Waals surface area contributed by atoms with Crippen LogP contribution in [0, 0.1) is 0 Å². The molecule has 4 rings (SSSR count). The van der Waals surface area contributed by atoms with Gasteiger partial charge in [0.05, 0.1) is 18.5 Å². The van der Waals surface area contributed by atoms with Crippen LogP contribution in [0.15, 0.2) is 35.5 Å². The summed E-state index contributed by atoms with van der Waals surface area (Å²) in [4.78, 5) is 18.9. The van der Waals surface area contributed by atoms with E-state index in [2.05, 4.69) is 27.2 Å². The summed E-state index contributed by atoms with van der Waals surface area (Å²) in [7, 11) is 0. The normalized spacial score (nSPS) is 18.8. The van der Waals surface area contributed by atoms with Crippen LogP contribution in [-0.2, 0) is 22.6 Å². The molecule has 1 unspecified atom stereocenters. The summed E-state index contributed by atoms with van der Waals surface area (Å²) in [6.07, 6.45) is -4.43. The molecule has 1 aromatic heterocycles. The molecule has 0 aliphatic carbocycles. The van der Waals surface area contributed by atoms with Crippen molar-refractivity contribution in [3.8, 4) is 0 Å². The molecule has 0 saturated carbocycles. The predicted octanol–water partition coefficient (Wildman–Crippen LogP) is 2.50. The average Bonchev–Trinajstić information content (AvgIpc) is 3.20. The van der Waals surface area contributed by atoms with Crippen LogP contribution in [0.4, 0.5) is 19.1 Å². The highest BCUT2D eigenvalue weighted by atomic mass is 32.2. The van der Waals surface area contributed by atoms with Crippen molar-refractivity contribution in [1.82, 2.24) is 24.6 Å². The fourth-order valence-electron chi connectivity index (χ4n) is 4.12. The van der Waals surface area contributed by atoms with Gasteiger partial charge in [-0.1, -0.05) is 42.1 Å². The summed E-state index contributed by atoms with van der Waals surface area (Å²) in [6, 6.07) is 10.2. The maximum atomic E-state index is 13.3. The van der Waals surface area contributed by atoms with Gasteiger partial charge in [-0.25, -0.2) is 0 Å². The third kappa shape index (κ3) is 6.42. The van der Waals surface area contributed by atoms with Crippen LogP contribution in [0.3, 0.4) is 0 Å². The second-order valence-electron chi connectivity index (χ2n) is 8.43. The molecule has 0 spiro atoms. The molecule has 8 nitrogen and oxygen atoms in total. The van der Waals surface area contributed by atoms with E-state index in [0.717, 1.165) is 36.0 Å². The molecule has 2 aliphatic rings. The van der Waals surface area contributed by atoms with Gasteiger partial charge in [0, 0.05) is 45.8 Å². The van der Waals surface area contributed by atoms with E-state index in [0.29, 0.717) is 39.4 Å². The fraction of sp³-hybridized carbons (Fsp3) is 0.591. The average molecular weight is 499 g/mol. The molecule has 0 radical (unpaired) electrons. The Morgan fingerprint density at radius 3 is 2.38 bits per heavy atom. The van der Waals surface area contributed by atoms with Crippen molar-refractivity contribution < 1.29 is 22.7 Å². The van der Waals surface area contributed by atoms with Gasteiger partial charge in [-0.15, -0.1) is 10.2 Å². The van der Waals surface area contributed by atoms with Crippen LogP contribution in [-0.4, -0.2) is 94.4 Å². The van der Waals surface area contributed by atoms with Crippen LogP contribution in [0.1, 0.15) is 12.5 Å². The summed E-state index contributed by atoms with van der Waals surface area (Å²) in [5.41, 5.74) is 1.23. The third-order valence-corrected chi connectivity index (χ3v) is 6.96. The number of carbonyl (C=O) groups excluding carboxylic acids is 1. The van der Waals surface area contributed by atoms with E-state index in [4.69, 9.17) is 4.74 Å². The Kier molecular flexibility index (Phi) is 7.99. The first-order valence-corrected chi connectivity index (χ1v) is 12.2. The molecule has 2 aromatic rings. The minimum Gasteiger partial charge on any atom is -0.378 e. The second kappa shape index (κ2) is 11.0. The van der Waals surface area contributed by atoms with Crippen molar-refractivity contribution >= 4 is 23.6 Å². The van der Waals surface area contributed by atoms with E-state index < -0.39 is 18.0 Å². The zero-order chi connectivity index (χ0) is 24.1. The number of thioether (sulfide) groups is 1. The van der Waals surface area contributed by atoms with E-state index in [1.165, 1.54) is 5.56 Å². The summed E-state index contributed by atoms with van der Waals surface area (Å²) in [5.74, 6) is 0.0659. The standard InChI is InChI=1S/C22H29F3N6O2S/c1-17(19(32)29-9-7-28(8-10-29)15-18-5-3-2-4-6-18)34-21-27-26-20(30-11-13-33-14-12-30)31(21)16-22(23,24)25/h2-6,17H,7-16H2,1H3. The number of alkyl halides is 3. The molecule has 0 bridgehead atoms. The summed E-state index contributed by atoms with van der Waals surface area (Å²) >= 11 is 1.03. The van der Waals surface area contributed by atoms with Crippen molar-refractivity contribution in [2.24, 2.45) is 0 Å². The summed E-state index contributed by atoms with van der Waals surface area (Å²) in [5, 5.41) is 7.57. The Morgan fingerprint density at radius 2 is 1.74 bits per heavy atom. The van der Waals surface area contributed by atoms with Crippen LogP contribution in [0.5, 0.6) is 0 Å². The molecular formula is C22H29F3N6O2S. The maximum absolute atomic E-state index is 13.3. The molecule has 1 atom stereocenters. The quantitative estimate of drug-likeness (QED) is 0.544. The lowest BCUT2D eigenvalue weighted by atomic mass is 10.2. The van der Waals surface area contributed by atoms with E-state index in [1.54, 1.807) is 16.7 Å². The first-order chi connectivity index (χ1) is 16.3. The Bertz CT molecular complexity index is 944. The van der Waals surface area contributed by atoms with Gasteiger partial charge in [-0.05, 0) is 12.5 Å². The van der Waals surface area contributed by atoms with E-state index in [1.807, 2.05) is 18.2 Å². The number of anilines is 1. The van der Waals surface area contributed by atoms with Crippen molar-refractivity contribution in [1.29, 1.82) is 0 Å². The molecule has 1 amide bonds. The van der Waals surface area contributed by atoms with Crippen molar-refractivity contribution in [3.05, 3.63) is 35.9 Å². The summed E-state index contributed by atoms with van der Waals surface area (Å²) < 4.78 is 46.3. The van der Waals surface area contributed by atoms with E-state index in [9.17, 15) is 18.0 Å². The van der Waals surface area contributed by atoms with Crippen LogP contribution >= 0.6 is 11.8 Å². The number of carbonyl (C=O) groups is 1. The highest BCUT2D eigenvalue weighted by Gasteiger charge is 2.34. The number of morpholine rings is 1. The molecule has 186 valence electrons. The molecule has 2 fully saturated rings.